The Morgan fingerprint density at radius 3 is 2.40 bits per heavy atom. The predicted molar refractivity (Wildman–Crippen MR) is 105 cm³/mol. The van der Waals surface area contributed by atoms with Gasteiger partial charge in [0.25, 0.3) is 5.91 Å². The lowest BCUT2D eigenvalue weighted by molar-refractivity contribution is -0.137. The smallest absolute Gasteiger partial charge is 0.418 e. The van der Waals surface area contributed by atoms with E-state index in [0.717, 1.165) is 12.1 Å². The van der Waals surface area contributed by atoms with Gasteiger partial charge in [-0.25, -0.2) is 5.43 Å². The Balaban J connectivity index is 2.02. The third-order valence-electron chi connectivity index (χ3n) is 3.92. The zero-order valence-electron chi connectivity index (χ0n) is 16.5. The van der Waals surface area contributed by atoms with Crippen molar-refractivity contribution in [1.29, 1.82) is 0 Å². The minimum Gasteiger partial charge on any atom is -0.497 e. The number of carbonyl (C=O) groups is 2. The lowest BCUT2D eigenvalue weighted by Crippen LogP contribution is -2.22. The molecule has 10 heteroatoms. The maximum Gasteiger partial charge on any atom is 0.418 e. The van der Waals surface area contributed by atoms with Gasteiger partial charge in [-0.2, -0.15) is 18.3 Å². The van der Waals surface area contributed by atoms with E-state index >= 15 is 0 Å². The van der Waals surface area contributed by atoms with Gasteiger partial charge < -0.3 is 14.8 Å². The molecule has 160 valence electrons. The van der Waals surface area contributed by atoms with Crippen molar-refractivity contribution in [2.24, 2.45) is 5.10 Å². The van der Waals surface area contributed by atoms with Crippen LogP contribution < -0.4 is 20.2 Å². The molecule has 7 nitrogen and oxygen atoms in total. The number of methoxy groups -OCH3 is 2. The monoisotopic (exact) mass is 423 g/mol. The average molecular weight is 423 g/mol. The third-order valence-corrected chi connectivity index (χ3v) is 3.92. The van der Waals surface area contributed by atoms with Gasteiger partial charge >= 0.3 is 6.18 Å². The van der Waals surface area contributed by atoms with Gasteiger partial charge in [0.15, 0.2) is 0 Å². The SMILES string of the molecule is COc1ccc(C(=O)NN=C(C)CC(=O)Nc2ccccc2C(F)(F)F)c(OC)c1. The molecule has 2 rings (SSSR count). The number of anilines is 1. The van der Waals surface area contributed by atoms with Gasteiger partial charge in [-0.05, 0) is 31.2 Å². The highest BCUT2D eigenvalue weighted by atomic mass is 19.4. The number of halogens is 3. The van der Waals surface area contributed by atoms with Crippen LogP contribution in [0.2, 0.25) is 0 Å². The first kappa shape index (κ1) is 22.7. The van der Waals surface area contributed by atoms with Crippen LogP contribution in [0.3, 0.4) is 0 Å². The van der Waals surface area contributed by atoms with Crippen LogP contribution in [0.15, 0.2) is 47.6 Å². The lowest BCUT2D eigenvalue weighted by Gasteiger charge is -2.13. The van der Waals surface area contributed by atoms with Crippen molar-refractivity contribution < 1.29 is 32.2 Å². The van der Waals surface area contributed by atoms with E-state index in [9.17, 15) is 22.8 Å². The number of hydrazone groups is 1. The number of hydrogen-bond acceptors (Lipinski definition) is 5. The van der Waals surface area contributed by atoms with Crippen molar-refractivity contribution >= 4 is 23.2 Å². The molecule has 2 amide bonds. The van der Waals surface area contributed by atoms with Crippen LogP contribution in [0.25, 0.3) is 0 Å². The predicted octanol–water partition coefficient (Wildman–Crippen LogP) is 3.86. The summed E-state index contributed by atoms with van der Waals surface area (Å²) in [7, 11) is 2.86. The van der Waals surface area contributed by atoms with Crippen molar-refractivity contribution in [3.05, 3.63) is 53.6 Å². The molecule has 0 heterocycles. The molecular formula is C20H20F3N3O4. The van der Waals surface area contributed by atoms with Crippen LogP contribution in [0.4, 0.5) is 18.9 Å². The second-order valence-corrected chi connectivity index (χ2v) is 6.12. The molecule has 0 unspecified atom stereocenters. The molecule has 0 spiro atoms. The summed E-state index contributed by atoms with van der Waals surface area (Å²) in [6.45, 7) is 1.46. The molecule has 30 heavy (non-hydrogen) atoms. The second kappa shape index (κ2) is 9.77. The van der Waals surface area contributed by atoms with Crippen LogP contribution in [-0.2, 0) is 11.0 Å². The number of benzene rings is 2. The summed E-state index contributed by atoms with van der Waals surface area (Å²) in [6, 6.07) is 9.22. The highest BCUT2D eigenvalue weighted by molar-refractivity contribution is 6.06. The second-order valence-electron chi connectivity index (χ2n) is 6.12. The zero-order chi connectivity index (χ0) is 22.3. The van der Waals surface area contributed by atoms with Gasteiger partial charge in [0.05, 0.1) is 37.5 Å². The maximum absolute atomic E-state index is 13.0. The van der Waals surface area contributed by atoms with Crippen LogP contribution in [-0.4, -0.2) is 31.7 Å². The summed E-state index contributed by atoms with van der Waals surface area (Å²) in [5.74, 6) is -0.527. The van der Waals surface area contributed by atoms with Crippen molar-refractivity contribution in [2.45, 2.75) is 19.5 Å². The van der Waals surface area contributed by atoms with E-state index in [1.165, 1.54) is 45.4 Å². The molecule has 0 saturated heterocycles. The molecule has 0 fully saturated rings. The molecule has 2 aromatic rings. The molecule has 2 N–H and O–H groups in total. The molecule has 2 aromatic carbocycles. The molecule has 0 atom stereocenters. The highest BCUT2D eigenvalue weighted by Gasteiger charge is 2.33. The molecule has 0 bridgehead atoms. The number of carbonyl (C=O) groups excluding carboxylic acids is 2. The standard InChI is InChI=1S/C20H20F3N3O4/c1-12(10-18(27)24-16-7-5-4-6-15(16)20(21,22)23)25-26-19(28)14-9-8-13(29-2)11-17(14)30-3/h4-9,11H,10H2,1-3H3,(H,24,27)(H,26,28). The summed E-state index contributed by atoms with van der Waals surface area (Å²) in [6.07, 6.45) is -4.91. The highest BCUT2D eigenvalue weighted by Crippen LogP contribution is 2.34. The zero-order valence-corrected chi connectivity index (χ0v) is 16.5. The maximum atomic E-state index is 13.0. The van der Waals surface area contributed by atoms with Crippen LogP contribution in [0, 0.1) is 0 Å². The topological polar surface area (TPSA) is 89.0 Å². The summed E-state index contributed by atoms with van der Waals surface area (Å²) in [4.78, 5) is 24.4. The van der Waals surface area contributed by atoms with Gasteiger partial charge in [0.2, 0.25) is 5.91 Å². The van der Waals surface area contributed by atoms with Gasteiger partial charge in [-0.15, -0.1) is 0 Å². The fourth-order valence-electron chi connectivity index (χ4n) is 2.50. The molecular weight excluding hydrogens is 403 g/mol. The van der Waals surface area contributed by atoms with E-state index in [1.807, 2.05) is 0 Å². The van der Waals surface area contributed by atoms with Gasteiger partial charge in [-0.1, -0.05) is 12.1 Å². The van der Waals surface area contributed by atoms with Crippen LogP contribution >= 0.6 is 0 Å². The summed E-state index contributed by atoms with van der Waals surface area (Å²) in [5, 5.41) is 6.03. The number of nitrogens with one attached hydrogen (secondary N) is 2. The number of ether oxygens (including phenoxy) is 2. The minimum absolute atomic E-state index is 0.192. The first-order valence-corrected chi connectivity index (χ1v) is 8.67. The molecule has 0 saturated carbocycles. The first-order valence-electron chi connectivity index (χ1n) is 8.67. The molecule has 0 aliphatic carbocycles. The number of hydrogen-bond donors (Lipinski definition) is 2. The Bertz CT molecular complexity index is 959. The fraction of sp³-hybridized carbons (Fsp3) is 0.250. The minimum atomic E-state index is -4.60. The van der Waals surface area contributed by atoms with E-state index in [0.29, 0.717) is 5.75 Å². The lowest BCUT2D eigenvalue weighted by atomic mass is 10.1. The fourth-order valence-corrected chi connectivity index (χ4v) is 2.50. The normalized spacial score (nSPS) is 11.6. The number of nitrogens with zero attached hydrogens (tertiary/aromatic N) is 1. The molecule has 0 radical (unpaired) electrons. The van der Waals surface area contributed by atoms with E-state index < -0.39 is 23.6 Å². The van der Waals surface area contributed by atoms with E-state index in [-0.39, 0.29) is 29.1 Å². The molecule has 0 aromatic heterocycles. The van der Waals surface area contributed by atoms with Gasteiger partial charge in [0, 0.05) is 11.8 Å². The van der Waals surface area contributed by atoms with E-state index in [2.05, 4.69) is 15.8 Å². The van der Waals surface area contributed by atoms with E-state index in [4.69, 9.17) is 9.47 Å². The summed E-state index contributed by atoms with van der Waals surface area (Å²) in [5.41, 5.74) is 1.37. The number of rotatable bonds is 7. The summed E-state index contributed by atoms with van der Waals surface area (Å²) < 4.78 is 49.2. The number of alkyl halides is 3. The number of para-hydroxylation sites is 1. The quantitative estimate of drug-likeness (QED) is 0.523. The van der Waals surface area contributed by atoms with E-state index in [1.54, 1.807) is 6.07 Å². The van der Waals surface area contributed by atoms with Crippen molar-refractivity contribution in [3.8, 4) is 11.5 Å². The Kier molecular flexibility index (Phi) is 7.40. The van der Waals surface area contributed by atoms with Crippen molar-refractivity contribution in [3.63, 3.8) is 0 Å². The van der Waals surface area contributed by atoms with Crippen molar-refractivity contribution in [2.75, 3.05) is 19.5 Å². The Labute approximate surface area is 170 Å². The van der Waals surface area contributed by atoms with Crippen LogP contribution in [0.5, 0.6) is 11.5 Å². The van der Waals surface area contributed by atoms with Crippen LogP contribution in [0.1, 0.15) is 29.3 Å². The van der Waals surface area contributed by atoms with Gasteiger partial charge in [0.1, 0.15) is 11.5 Å². The average Bonchev–Trinajstić information content (AvgIpc) is 2.70. The van der Waals surface area contributed by atoms with Gasteiger partial charge in [-0.3, -0.25) is 9.59 Å². The summed E-state index contributed by atoms with van der Waals surface area (Å²) >= 11 is 0. The third kappa shape index (κ3) is 5.97. The van der Waals surface area contributed by atoms with Crippen molar-refractivity contribution in [1.82, 2.24) is 5.43 Å². The number of amides is 2. The first-order chi connectivity index (χ1) is 14.2. The Morgan fingerprint density at radius 1 is 1.07 bits per heavy atom. The molecule has 0 aliphatic rings. The largest absolute Gasteiger partial charge is 0.497 e. The molecule has 0 aliphatic heterocycles. The Morgan fingerprint density at radius 2 is 1.77 bits per heavy atom. The Hall–Kier alpha value is -3.56.